The summed E-state index contributed by atoms with van der Waals surface area (Å²) in [7, 11) is 0. The Morgan fingerprint density at radius 2 is 1.67 bits per heavy atom. The summed E-state index contributed by atoms with van der Waals surface area (Å²) in [5.41, 5.74) is 0.725. The van der Waals surface area contributed by atoms with E-state index in [-0.39, 0.29) is 11.3 Å². The average molecular weight is 210 g/mol. The van der Waals surface area contributed by atoms with Crippen molar-refractivity contribution in [1.82, 2.24) is 0 Å². The third-order valence-electron chi connectivity index (χ3n) is 2.38. The molecule has 1 aromatic carbocycles. The van der Waals surface area contributed by atoms with Crippen LogP contribution in [0.25, 0.3) is 0 Å². The Bertz CT molecular complexity index is 329. The molecule has 0 saturated heterocycles. The van der Waals surface area contributed by atoms with E-state index < -0.39 is 6.08 Å². The van der Waals surface area contributed by atoms with Crippen LogP contribution in [0.1, 0.15) is 32.3 Å². The van der Waals surface area contributed by atoms with Gasteiger partial charge in [-0.1, -0.05) is 51.1 Å². The third kappa shape index (κ3) is 3.46. The lowest BCUT2D eigenvalue weighted by Crippen LogP contribution is -2.16. The highest BCUT2D eigenvalue weighted by molar-refractivity contribution is 5.26. The second kappa shape index (κ2) is 4.56. The molecule has 2 heteroatoms. The molecular formula is C13H16F2. The lowest BCUT2D eigenvalue weighted by molar-refractivity contribution is 0.344. The summed E-state index contributed by atoms with van der Waals surface area (Å²) in [6.07, 6.45) is -0.575. The van der Waals surface area contributed by atoms with Crippen LogP contribution in [0.4, 0.5) is 8.78 Å². The molecule has 0 aliphatic heterocycles. The van der Waals surface area contributed by atoms with Crippen molar-refractivity contribution in [2.75, 3.05) is 0 Å². The fraction of sp³-hybridized carbons (Fsp3) is 0.385. The molecule has 0 aliphatic rings. The van der Waals surface area contributed by atoms with Gasteiger partial charge in [-0.15, -0.1) is 0 Å². The first-order valence-corrected chi connectivity index (χ1v) is 4.99. The highest BCUT2D eigenvalue weighted by Crippen LogP contribution is 2.37. The van der Waals surface area contributed by atoms with Crippen LogP contribution < -0.4 is 0 Å². The fourth-order valence-electron chi connectivity index (χ4n) is 1.63. The van der Waals surface area contributed by atoms with Crippen LogP contribution in [-0.2, 0) is 0 Å². The first kappa shape index (κ1) is 11.9. The van der Waals surface area contributed by atoms with E-state index in [0.717, 1.165) is 11.6 Å². The van der Waals surface area contributed by atoms with Crippen LogP contribution in [0.5, 0.6) is 0 Å². The SMILES string of the molecule is CC(C)(C)C(C=C(F)F)c1ccccc1. The first-order valence-electron chi connectivity index (χ1n) is 4.99. The molecule has 1 rings (SSSR count). The fourth-order valence-corrected chi connectivity index (χ4v) is 1.63. The predicted octanol–water partition coefficient (Wildman–Crippen LogP) is 4.60. The topological polar surface area (TPSA) is 0 Å². The Morgan fingerprint density at radius 3 is 2.07 bits per heavy atom. The molecule has 0 heterocycles. The Hall–Kier alpha value is -1.18. The van der Waals surface area contributed by atoms with Gasteiger partial charge in [0.1, 0.15) is 0 Å². The maximum Gasteiger partial charge on any atom is 0.266 e. The minimum absolute atomic E-state index is 0.204. The molecule has 1 unspecified atom stereocenters. The molecule has 0 aromatic heterocycles. The van der Waals surface area contributed by atoms with Gasteiger partial charge in [0.15, 0.2) is 0 Å². The van der Waals surface area contributed by atoms with Crippen LogP contribution >= 0.6 is 0 Å². The molecular weight excluding hydrogens is 194 g/mol. The zero-order chi connectivity index (χ0) is 11.5. The molecule has 0 bridgehead atoms. The highest BCUT2D eigenvalue weighted by Gasteiger charge is 2.24. The second-order valence-electron chi connectivity index (χ2n) is 4.71. The molecule has 0 aliphatic carbocycles. The standard InChI is InChI=1S/C13H16F2/c1-13(2,3)11(9-12(14)15)10-7-5-4-6-8-10/h4-9,11H,1-3H3. The molecule has 15 heavy (non-hydrogen) atoms. The van der Waals surface area contributed by atoms with E-state index in [1.807, 2.05) is 51.1 Å². The predicted molar refractivity (Wildman–Crippen MR) is 58.9 cm³/mol. The molecule has 1 atom stereocenters. The summed E-state index contributed by atoms with van der Waals surface area (Å²) in [6.45, 7) is 5.89. The van der Waals surface area contributed by atoms with E-state index in [2.05, 4.69) is 0 Å². The molecule has 82 valence electrons. The summed E-state index contributed by atoms with van der Waals surface area (Å²) in [5.74, 6) is -0.247. The van der Waals surface area contributed by atoms with Crippen molar-refractivity contribution in [3.05, 3.63) is 48.1 Å². The van der Waals surface area contributed by atoms with Crippen molar-refractivity contribution in [3.63, 3.8) is 0 Å². The Kier molecular flexibility index (Phi) is 3.61. The Labute approximate surface area is 89.6 Å². The minimum Gasteiger partial charge on any atom is -0.174 e. The summed E-state index contributed by atoms with van der Waals surface area (Å²) < 4.78 is 24.7. The van der Waals surface area contributed by atoms with Crippen LogP contribution in [0, 0.1) is 5.41 Å². The number of hydrogen-bond donors (Lipinski definition) is 0. The van der Waals surface area contributed by atoms with Crippen molar-refractivity contribution < 1.29 is 8.78 Å². The maximum atomic E-state index is 12.4. The van der Waals surface area contributed by atoms with E-state index in [1.165, 1.54) is 0 Å². The van der Waals surface area contributed by atoms with Crippen LogP contribution in [0.15, 0.2) is 42.5 Å². The zero-order valence-corrected chi connectivity index (χ0v) is 9.30. The molecule has 0 amide bonds. The van der Waals surface area contributed by atoms with Gasteiger partial charge in [0.2, 0.25) is 0 Å². The van der Waals surface area contributed by atoms with E-state index in [9.17, 15) is 8.78 Å². The van der Waals surface area contributed by atoms with Gasteiger partial charge in [-0.25, -0.2) is 0 Å². The van der Waals surface area contributed by atoms with Crippen molar-refractivity contribution in [2.24, 2.45) is 5.41 Å². The van der Waals surface area contributed by atoms with Crippen LogP contribution in [-0.4, -0.2) is 0 Å². The molecule has 0 saturated carbocycles. The van der Waals surface area contributed by atoms with E-state index in [4.69, 9.17) is 0 Å². The number of benzene rings is 1. The zero-order valence-electron chi connectivity index (χ0n) is 9.30. The summed E-state index contributed by atoms with van der Waals surface area (Å²) in [4.78, 5) is 0. The van der Waals surface area contributed by atoms with Gasteiger partial charge in [-0.3, -0.25) is 0 Å². The smallest absolute Gasteiger partial charge is 0.174 e. The van der Waals surface area contributed by atoms with Gasteiger partial charge in [0.05, 0.1) is 0 Å². The number of allylic oxidation sites excluding steroid dienone is 1. The quantitative estimate of drug-likeness (QED) is 0.669. The largest absolute Gasteiger partial charge is 0.266 e. The monoisotopic (exact) mass is 210 g/mol. The van der Waals surface area contributed by atoms with Gasteiger partial charge >= 0.3 is 0 Å². The Morgan fingerprint density at radius 1 is 1.13 bits per heavy atom. The minimum atomic E-state index is -1.61. The van der Waals surface area contributed by atoms with Crippen molar-refractivity contribution in [3.8, 4) is 0 Å². The molecule has 0 spiro atoms. The summed E-state index contributed by atoms with van der Waals surface area (Å²) >= 11 is 0. The number of halogens is 2. The van der Waals surface area contributed by atoms with Crippen LogP contribution in [0.2, 0.25) is 0 Å². The summed E-state index contributed by atoms with van der Waals surface area (Å²) in [6, 6.07) is 9.40. The van der Waals surface area contributed by atoms with Crippen molar-refractivity contribution >= 4 is 0 Å². The van der Waals surface area contributed by atoms with Crippen molar-refractivity contribution in [2.45, 2.75) is 26.7 Å². The maximum absolute atomic E-state index is 12.4. The van der Waals surface area contributed by atoms with Gasteiger partial charge in [0.25, 0.3) is 6.08 Å². The lowest BCUT2D eigenvalue weighted by atomic mass is 9.76. The lowest BCUT2D eigenvalue weighted by Gasteiger charge is -2.28. The molecule has 0 N–H and O–H groups in total. The first-order chi connectivity index (χ1) is 6.91. The van der Waals surface area contributed by atoms with Gasteiger partial charge < -0.3 is 0 Å². The molecule has 0 nitrogen and oxygen atoms in total. The molecule has 0 radical (unpaired) electrons. The second-order valence-corrected chi connectivity index (χ2v) is 4.71. The Balaban J connectivity index is 3.08. The number of rotatable bonds is 2. The molecule has 0 fully saturated rings. The van der Waals surface area contributed by atoms with E-state index in [0.29, 0.717) is 0 Å². The third-order valence-corrected chi connectivity index (χ3v) is 2.38. The van der Waals surface area contributed by atoms with Crippen molar-refractivity contribution in [1.29, 1.82) is 0 Å². The summed E-state index contributed by atoms with van der Waals surface area (Å²) in [5, 5.41) is 0. The van der Waals surface area contributed by atoms with Gasteiger partial charge in [-0.2, -0.15) is 8.78 Å². The highest BCUT2D eigenvalue weighted by atomic mass is 19.3. The van der Waals surface area contributed by atoms with Gasteiger partial charge in [-0.05, 0) is 17.1 Å². The molecule has 1 aromatic rings. The van der Waals surface area contributed by atoms with Crippen LogP contribution in [0.3, 0.4) is 0 Å². The van der Waals surface area contributed by atoms with E-state index in [1.54, 1.807) is 0 Å². The van der Waals surface area contributed by atoms with Gasteiger partial charge in [0, 0.05) is 5.92 Å². The van der Waals surface area contributed by atoms with E-state index >= 15 is 0 Å². The number of hydrogen-bond acceptors (Lipinski definition) is 0. The normalized spacial score (nSPS) is 13.4. The average Bonchev–Trinajstić information content (AvgIpc) is 2.14.